The first-order valence-corrected chi connectivity index (χ1v) is 12.0. The summed E-state index contributed by atoms with van der Waals surface area (Å²) in [4.78, 5) is 15.7. The number of hydrogen-bond donors (Lipinski definition) is 0. The van der Waals surface area contributed by atoms with Crippen LogP contribution in [0.15, 0.2) is 43.0 Å². The number of pyridine rings is 1. The largest absolute Gasteiger partial charge is 0.356 e. The first-order valence-electron chi connectivity index (χ1n) is 10.1. The van der Waals surface area contributed by atoms with Crippen LogP contribution < -0.4 is 4.90 Å². The van der Waals surface area contributed by atoms with Crippen LogP contribution in [-0.2, 0) is 10.0 Å². The Kier molecular flexibility index (Phi) is 5.71. The summed E-state index contributed by atoms with van der Waals surface area (Å²) in [6, 6.07) is 8.29. The summed E-state index contributed by atoms with van der Waals surface area (Å²) >= 11 is 0. The van der Waals surface area contributed by atoms with E-state index in [1.807, 2.05) is 12.3 Å². The molecular weight excluding hydrogens is 398 g/mol. The summed E-state index contributed by atoms with van der Waals surface area (Å²) in [6.45, 7) is 4.35. The second kappa shape index (κ2) is 8.28. The molecule has 0 saturated carbocycles. The quantitative estimate of drug-likeness (QED) is 0.625. The average molecular weight is 426 g/mol. The highest BCUT2D eigenvalue weighted by Gasteiger charge is 2.25. The highest BCUT2D eigenvalue weighted by Crippen LogP contribution is 2.32. The molecular formula is C22H27N5O2S. The highest BCUT2D eigenvalue weighted by molar-refractivity contribution is 7.88. The molecule has 0 spiro atoms. The molecule has 0 aliphatic carbocycles. The molecule has 1 aliphatic heterocycles. The Bertz CT molecular complexity index is 1140. The molecule has 3 heterocycles. The number of anilines is 1. The van der Waals surface area contributed by atoms with Gasteiger partial charge in [-0.25, -0.2) is 22.7 Å². The Labute approximate surface area is 177 Å². The minimum atomic E-state index is -3.14. The first-order chi connectivity index (χ1) is 14.3. The zero-order chi connectivity index (χ0) is 21.3. The molecule has 1 fully saturated rings. The maximum atomic E-state index is 11.7. The molecule has 0 amide bonds. The average Bonchev–Trinajstić information content (AvgIpc) is 2.74. The Morgan fingerprint density at radius 2 is 1.93 bits per heavy atom. The number of fused-ring (bicyclic) bond motifs is 1. The van der Waals surface area contributed by atoms with E-state index in [0.29, 0.717) is 12.5 Å². The minimum absolute atomic E-state index is 0.363. The van der Waals surface area contributed by atoms with Crippen molar-refractivity contribution in [2.45, 2.75) is 19.8 Å². The Morgan fingerprint density at radius 3 is 2.60 bits per heavy atom. The smallest absolute Gasteiger partial charge is 0.210 e. The molecule has 7 nitrogen and oxygen atoms in total. The Balaban J connectivity index is 1.60. The predicted octanol–water partition coefficient (Wildman–Crippen LogP) is 3.11. The molecule has 0 radical (unpaired) electrons. The maximum Gasteiger partial charge on any atom is 0.210 e. The molecule has 8 heteroatoms. The van der Waals surface area contributed by atoms with Crippen LogP contribution in [0.2, 0.25) is 0 Å². The third-order valence-electron chi connectivity index (χ3n) is 5.90. The van der Waals surface area contributed by atoms with E-state index < -0.39 is 10.0 Å². The zero-order valence-electron chi connectivity index (χ0n) is 17.6. The molecule has 2 aromatic heterocycles. The van der Waals surface area contributed by atoms with Crippen molar-refractivity contribution in [1.29, 1.82) is 0 Å². The molecule has 1 saturated heterocycles. The van der Waals surface area contributed by atoms with Gasteiger partial charge in [-0.15, -0.1) is 0 Å². The van der Waals surface area contributed by atoms with Crippen LogP contribution in [0.25, 0.3) is 22.0 Å². The summed E-state index contributed by atoms with van der Waals surface area (Å²) in [7, 11) is -1.48. The number of aryl methyl sites for hydroxylation is 1. The topological polar surface area (TPSA) is 79.3 Å². The SMILES string of the molecule is Cc1cc(-c2cccnc2)cc2c(N3CCC(CN(C)S(C)(=O)=O)CC3)ncnc12. The van der Waals surface area contributed by atoms with E-state index in [0.717, 1.165) is 59.3 Å². The zero-order valence-corrected chi connectivity index (χ0v) is 18.4. The highest BCUT2D eigenvalue weighted by atomic mass is 32.2. The van der Waals surface area contributed by atoms with E-state index in [2.05, 4.69) is 45.0 Å². The van der Waals surface area contributed by atoms with Gasteiger partial charge in [0.15, 0.2) is 0 Å². The summed E-state index contributed by atoms with van der Waals surface area (Å²) in [5.41, 5.74) is 4.25. The van der Waals surface area contributed by atoms with Crippen LogP contribution in [-0.4, -0.2) is 60.6 Å². The van der Waals surface area contributed by atoms with E-state index in [9.17, 15) is 8.42 Å². The standard InChI is InChI=1S/C22H27N5O2S/c1-16-11-19(18-5-4-8-23-13-18)12-20-21(16)24-15-25-22(20)27-9-6-17(7-10-27)14-26(2)30(3,28)29/h4-5,8,11-13,15,17H,6-7,9-10,14H2,1-3H3. The van der Waals surface area contributed by atoms with Crippen molar-refractivity contribution in [3.05, 3.63) is 48.5 Å². The summed E-state index contributed by atoms with van der Waals surface area (Å²) in [6.07, 6.45) is 8.42. The van der Waals surface area contributed by atoms with Crippen molar-refractivity contribution < 1.29 is 8.42 Å². The lowest BCUT2D eigenvalue weighted by Crippen LogP contribution is -2.39. The maximum absolute atomic E-state index is 11.7. The molecule has 0 bridgehead atoms. The molecule has 158 valence electrons. The lowest BCUT2D eigenvalue weighted by atomic mass is 9.96. The second-order valence-corrected chi connectivity index (χ2v) is 10.2. The normalized spacial score (nSPS) is 15.8. The predicted molar refractivity (Wildman–Crippen MR) is 120 cm³/mol. The van der Waals surface area contributed by atoms with Gasteiger partial charge in [-0.2, -0.15) is 0 Å². The van der Waals surface area contributed by atoms with Crippen LogP contribution >= 0.6 is 0 Å². The molecule has 0 atom stereocenters. The number of hydrogen-bond acceptors (Lipinski definition) is 6. The van der Waals surface area contributed by atoms with Gasteiger partial charge in [0, 0.05) is 50.0 Å². The number of sulfonamides is 1. The first kappa shape index (κ1) is 20.7. The van der Waals surface area contributed by atoms with Gasteiger partial charge in [0.25, 0.3) is 0 Å². The fourth-order valence-corrected chi connectivity index (χ4v) is 4.59. The van der Waals surface area contributed by atoms with Crippen LogP contribution in [0.4, 0.5) is 5.82 Å². The van der Waals surface area contributed by atoms with Crippen molar-refractivity contribution in [1.82, 2.24) is 19.3 Å². The van der Waals surface area contributed by atoms with Crippen molar-refractivity contribution in [3.63, 3.8) is 0 Å². The third kappa shape index (κ3) is 4.29. The summed E-state index contributed by atoms with van der Waals surface area (Å²) in [5.74, 6) is 1.31. The molecule has 0 N–H and O–H groups in total. The number of piperidine rings is 1. The fourth-order valence-electron chi connectivity index (χ4n) is 4.11. The number of aromatic nitrogens is 3. The third-order valence-corrected chi connectivity index (χ3v) is 7.18. The molecule has 3 aromatic rings. The molecule has 1 aromatic carbocycles. The van der Waals surface area contributed by atoms with Gasteiger partial charge in [-0.3, -0.25) is 4.98 Å². The molecule has 30 heavy (non-hydrogen) atoms. The molecule has 4 rings (SSSR count). The van der Waals surface area contributed by atoms with Crippen molar-refractivity contribution in [2.24, 2.45) is 5.92 Å². The van der Waals surface area contributed by atoms with Gasteiger partial charge in [0.2, 0.25) is 10.0 Å². The van der Waals surface area contributed by atoms with Gasteiger partial charge in [-0.05, 0) is 55.0 Å². The van der Waals surface area contributed by atoms with E-state index in [1.165, 1.54) is 10.6 Å². The number of rotatable bonds is 5. The molecule has 1 aliphatic rings. The van der Waals surface area contributed by atoms with Crippen LogP contribution in [0.1, 0.15) is 18.4 Å². The van der Waals surface area contributed by atoms with Gasteiger partial charge in [-0.1, -0.05) is 6.07 Å². The number of benzene rings is 1. The van der Waals surface area contributed by atoms with Gasteiger partial charge in [0.1, 0.15) is 12.1 Å². The van der Waals surface area contributed by atoms with Gasteiger partial charge < -0.3 is 4.90 Å². The van der Waals surface area contributed by atoms with Crippen LogP contribution in [0.3, 0.4) is 0 Å². The van der Waals surface area contributed by atoms with Crippen molar-refractivity contribution in [3.8, 4) is 11.1 Å². The number of nitrogens with zero attached hydrogens (tertiary/aromatic N) is 5. The van der Waals surface area contributed by atoms with Gasteiger partial charge in [0.05, 0.1) is 11.8 Å². The summed E-state index contributed by atoms with van der Waals surface area (Å²) in [5, 5.41) is 1.04. The lowest BCUT2D eigenvalue weighted by molar-refractivity contribution is 0.329. The van der Waals surface area contributed by atoms with Crippen molar-refractivity contribution in [2.75, 3.05) is 37.8 Å². The lowest BCUT2D eigenvalue weighted by Gasteiger charge is -2.34. The van der Waals surface area contributed by atoms with Gasteiger partial charge >= 0.3 is 0 Å². The Morgan fingerprint density at radius 1 is 1.17 bits per heavy atom. The van der Waals surface area contributed by atoms with E-state index in [4.69, 9.17) is 0 Å². The fraction of sp³-hybridized carbons (Fsp3) is 0.409. The second-order valence-electron chi connectivity index (χ2n) is 8.10. The van der Waals surface area contributed by atoms with Crippen LogP contribution in [0.5, 0.6) is 0 Å². The van der Waals surface area contributed by atoms with E-state index >= 15 is 0 Å². The Hall–Kier alpha value is -2.58. The van der Waals surface area contributed by atoms with E-state index in [-0.39, 0.29) is 0 Å². The summed E-state index contributed by atoms with van der Waals surface area (Å²) < 4.78 is 24.9. The monoisotopic (exact) mass is 425 g/mol. The van der Waals surface area contributed by atoms with Crippen molar-refractivity contribution >= 4 is 26.7 Å². The minimum Gasteiger partial charge on any atom is -0.356 e. The van der Waals surface area contributed by atoms with Crippen LogP contribution in [0, 0.1) is 12.8 Å². The molecule has 0 unspecified atom stereocenters. The van der Waals surface area contributed by atoms with E-state index in [1.54, 1.807) is 19.6 Å².